The van der Waals surface area contributed by atoms with Crippen molar-refractivity contribution in [3.05, 3.63) is 92.9 Å². The van der Waals surface area contributed by atoms with Gasteiger partial charge in [-0.3, -0.25) is 9.59 Å². The number of unbranched alkanes of at least 4 members (excludes halogenated alkanes) is 1. The van der Waals surface area contributed by atoms with Crippen molar-refractivity contribution >= 4 is 44.6 Å². The third kappa shape index (κ3) is 6.86. The number of amides is 1. The number of benzene rings is 3. The number of para-hydroxylation sites is 1. The molecule has 0 unspecified atom stereocenters. The highest BCUT2D eigenvalue weighted by atomic mass is 79.9. The molecule has 38 heavy (non-hydrogen) atoms. The Balaban J connectivity index is 1.57. The highest BCUT2D eigenvalue weighted by molar-refractivity contribution is 9.10. The molecule has 4 aromatic rings. The summed E-state index contributed by atoms with van der Waals surface area (Å²) in [6, 6.07) is 19.9. The molecule has 0 saturated carbocycles. The molecule has 1 amide bonds. The topological polar surface area (TPSA) is 94.8 Å². The molecule has 8 nitrogen and oxygen atoms in total. The van der Waals surface area contributed by atoms with E-state index in [1.54, 1.807) is 42.6 Å². The van der Waals surface area contributed by atoms with Gasteiger partial charge >= 0.3 is 0 Å². The molecule has 0 aliphatic carbocycles. The van der Waals surface area contributed by atoms with Crippen molar-refractivity contribution in [1.29, 1.82) is 0 Å². The van der Waals surface area contributed by atoms with E-state index in [1.165, 1.54) is 4.68 Å². The number of rotatable bonds is 11. The summed E-state index contributed by atoms with van der Waals surface area (Å²) in [5.74, 6) is 1.24. The normalized spacial score (nSPS) is 11.1. The van der Waals surface area contributed by atoms with Crippen LogP contribution in [-0.2, 0) is 11.2 Å². The SMILES string of the molecule is CCCCc1nc2ccc(Br)cc2c(=O)n1N=Cc1ccc(OCC(=O)Nc2ccccc2)c(OCC)c1. The summed E-state index contributed by atoms with van der Waals surface area (Å²) in [4.78, 5) is 30.3. The van der Waals surface area contributed by atoms with Gasteiger partial charge in [0.1, 0.15) is 5.82 Å². The molecule has 1 N–H and O–H groups in total. The number of nitrogens with zero attached hydrogens (tertiary/aromatic N) is 3. The van der Waals surface area contributed by atoms with E-state index in [4.69, 9.17) is 14.5 Å². The zero-order chi connectivity index (χ0) is 26.9. The number of anilines is 1. The number of aryl methyl sites for hydroxylation is 1. The Bertz CT molecular complexity index is 1500. The Labute approximate surface area is 229 Å². The first kappa shape index (κ1) is 27.1. The van der Waals surface area contributed by atoms with Gasteiger partial charge in [0.05, 0.1) is 23.7 Å². The smallest absolute Gasteiger partial charge is 0.282 e. The third-order valence-corrected chi connectivity index (χ3v) is 6.13. The van der Waals surface area contributed by atoms with Gasteiger partial charge in [0.2, 0.25) is 0 Å². The van der Waals surface area contributed by atoms with Crippen molar-refractivity contribution in [1.82, 2.24) is 9.66 Å². The molecule has 0 saturated heterocycles. The molecule has 0 radical (unpaired) electrons. The van der Waals surface area contributed by atoms with E-state index in [1.807, 2.05) is 37.3 Å². The average Bonchev–Trinajstić information content (AvgIpc) is 2.92. The lowest BCUT2D eigenvalue weighted by Gasteiger charge is -2.13. The van der Waals surface area contributed by atoms with Crippen molar-refractivity contribution in [2.45, 2.75) is 33.1 Å². The van der Waals surface area contributed by atoms with Gasteiger partial charge < -0.3 is 14.8 Å². The summed E-state index contributed by atoms with van der Waals surface area (Å²) in [5, 5.41) is 7.78. The van der Waals surface area contributed by atoms with Crippen LogP contribution in [0.15, 0.2) is 81.1 Å². The maximum Gasteiger partial charge on any atom is 0.282 e. The molecule has 0 aliphatic heterocycles. The molecule has 0 fully saturated rings. The molecule has 4 rings (SSSR count). The second-order valence-corrected chi connectivity index (χ2v) is 9.41. The predicted molar refractivity (Wildman–Crippen MR) is 153 cm³/mol. The number of carbonyl (C=O) groups excluding carboxylic acids is 1. The Hall–Kier alpha value is -3.98. The van der Waals surface area contributed by atoms with Crippen molar-refractivity contribution in [3.63, 3.8) is 0 Å². The van der Waals surface area contributed by atoms with E-state index in [-0.39, 0.29) is 18.1 Å². The van der Waals surface area contributed by atoms with Gasteiger partial charge in [0, 0.05) is 16.6 Å². The summed E-state index contributed by atoms with van der Waals surface area (Å²) >= 11 is 3.43. The molecular weight excluding hydrogens is 548 g/mol. The molecular formula is C29H29BrN4O4. The second kappa shape index (κ2) is 13.0. The van der Waals surface area contributed by atoms with Crippen LogP contribution in [0.4, 0.5) is 5.69 Å². The van der Waals surface area contributed by atoms with Crippen LogP contribution in [0.25, 0.3) is 10.9 Å². The van der Waals surface area contributed by atoms with Crippen molar-refractivity contribution < 1.29 is 14.3 Å². The Morgan fingerprint density at radius 1 is 1.05 bits per heavy atom. The van der Waals surface area contributed by atoms with Crippen LogP contribution < -0.4 is 20.3 Å². The average molecular weight is 577 g/mol. The molecule has 0 spiro atoms. The maximum absolute atomic E-state index is 13.3. The van der Waals surface area contributed by atoms with Gasteiger partial charge in [0.25, 0.3) is 11.5 Å². The van der Waals surface area contributed by atoms with Gasteiger partial charge in [-0.05, 0) is 67.4 Å². The number of halogens is 1. The lowest BCUT2D eigenvalue weighted by molar-refractivity contribution is -0.118. The quantitative estimate of drug-likeness (QED) is 0.228. The van der Waals surface area contributed by atoms with Crippen molar-refractivity contribution in [2.24, 2.45) is 5.10 Å². The fourth-order valence-electron chi connectivity index (χ4n) is 3.79. The number of aromatic nitrogens is 2. The minimum atomic E-state index is -0.279. The molecule has 1 heterocycles. The van der Waals surface area contributed by atoms with E-state index in [0.29, 0.717) is 52.5 Å². The predicted octanol–water partition coefficient (Wildman–Crippen LogP) is 5.80. The van der Waals surface area contributed by atoms with E-state index >= 15 is 0 Å². The Morgan fingerprint density at radius 3 is 2.63 bits per heavy atom. The Morgan fingerprint density at radius 2 is 1.87 bits per heavy atom. The van der Waals surface area contributed by atoms with Crippen LogP contribution in [0.3, 0.4) is 0 Å². The molecule has 0 aliphatic rings. The van der Waals surface area contributed by atoms with Crippen LogP contribution in [0.2, 0.25) is 0 Å². The van der Waals surface area contributed by atoms with Crippen LogP contribution in [0.1, 0.15) is 38.1 Å². The lowest BCUT2D eigenvalue weighted by Crippen LogP contribution is -2.22. The molecule has 196 valence electrons. The van der Waals surface area contributed by atoms with Crippen LogP contribution in [0, 0.1) is 0 Å². The highest BCUT2D eigenvalue weighted by Crippen LogP contribution is 2.28. The van der Waals surface area contributed by atoms with Crippen molar-refractivity contribution in [2.75, 3.05) is 18.5 Å². The van der Waals surface area contributed by atoms with Gasteiger partial charge in [-0.15, -0.1) is 0 Å². The summed E-state index contributed by atoms with van der Waals surface area (Å²) in [7, 11) is 0. The standard InChI is InChI=1S/C29H29BrN4O4/c1-3-5-11-27-33-24-14-13-21(30)17-23(24)29(36)34(27)31-18-20-12-15-25(26(16-20)37-4-2)38-19-28(35)32-22-9-7-6-8-10-22/h6-10,12-18H,3-5,11,19H2,1-2H3,(H,32,35). The first-order chi connectivity index (χ1) is 18.5. The number of fused-ring (bicyclic) bond motifs is 1. The Kier molecular flexibility index (Phi) is 9.26. The molecule has 3 aromatic carbocycles. The van der Waals surface area contributed by atoms with Crippen LogP contribution in [0.5, 0.6) is 11.5 Å². The summed E-state index contributed by atoms with van der Waals surface area (Å²) in [5.41, 5.74) is 1.82. The first-order valence-corrected chi connectivity index (χ1v) is 13.3. The number of hydrogen-bond acceptors (Lipinski definition) is 6. The summed E-state index contributed by atoms with van der Waals surface area (Å²) in [6.45, 7) is 4.20. The van der Waals surface area contributed by atoms with Crippen molar-refractivity contribution in [3.8, 4) is 11.5 Å². The fraction of sp³-hybridized carbons (Fsp3) is 0.241. The van der Waals surface area contributed by atoms with E-state index < -0.39 is 0 Å². The fourth-order valence-corrected chi connectivity index (χ4v) is 4.15. The maximum atomic E-state index is 13.3. The van der Waals surface area contributed by atoms with Gasteiger partial charge in [0.15, 0.2) is 18.1 Å². The number of carbonyl (C=O) groups is 1. The summed E-state index contributed by atoms with van der Waals surface area (Å²) < 4.78 is 13.6. The number of hydrogen-bond donors (Lipinski definition) is 1. The van der Waals surface area contributed by atoms with Crippen LogP contribution in [-0.4, -0.2) is 35.0 Å². The van der Waals surface area contributed by atoms with E-state index in [2.05, 4.69) is 33.3 Å². The van der Waals surface area contributed by atoms with E-state index in [0.717, 1.165) is 17.3 Å². The zero-order valence-electron chi connectivity index (χ0n) is 21.3. The molecule has 9 heteroatoms. The molecule has 0 atom stereocenters. The van der Waals surface area contributed by atoms with Gasteiger partial charge in [-0.1, -0.05) is 47.5 Å². The molecule has 0 bridgehead atoms. The third-order valence-electron chi connectivity index (χ3n) is 5.64. The van der Waals surface area contributed by atoms with E-state index in [9.17, 15) is 9.59 Å². The van der Waals surface area contributed by atoms with Crippen LogP contribution >= 0.6 is 15.9 Å². The summed E-state index contributed by atoms with van der Waals surface area (Å²) in [6.07, 6.45) is 4.09. The number of ether oxygens (including phenoxy) is 2. The highest BCUT2D eigenvalue weighted by Gasteiger charge is 2.12. The molecule has 1 aromatic heterocycles. The second-order valence-electron chi connectivity index (χ2n) is 8.50. The minimum absolute atomic E-state index is 0.170. The van der Waals surface area contributed by atoms with Gasteiger partial charge in [-0.2, -0.15) is 9.78 Å². The number of nitrogens with one attached hydrogen (secondary N) is 1. The lowest BCUT2D eigenvalue weighted by atomic mass is 10.2. The minimum Gasteiger partial charge on any atom is -0.490 e. The first-order valence-electron chi connectivity index (χ1n) is 12.5. The van der Waals surface area contributed by atoms with Gasteiger partial charge in [-0.25, -0.2) is 4.98 Å². The zero-order valence-corrected chi connectivity index (χ0v) is 22.9. The monoisotopic (exact) mass is 576 g/mol. The largest absolute Gasteiger partial charge is 0.490 e.